The molecule has 14 heteroatoms. The van der Waals surface area contributed by atoms with Crippen molar-refractivity contribution in [2.45, 2.75) is 88.4 Å². The van der Waals surface area contributed by atoms with Crippen molar-refractivity contribution in [2.24, 2.45) is 0 Å². The van der Waals surface area contributed by atoms with E-state index in [9.17, 15) is 61.5 Å². The van der Waals surface area contributed by atoms with Gasteiger partial charge in [0.1, 0.15) is 0 Å². The molecule has 0 saturated carbocycles. The van der Waals surface area contributed by atoms with Crippen LogP contribution in [0.15, 0.2) is 24.3 Å². The molecule has 0 N–H and O–H groups in total. The summed E-state index contributed by atoms with van der Waals surface area (Å²) < 4.78 is 184. The Morgan fingerprint density at radius 2 is 0.690 bits per heavy atom. The van der Waals surface area contributed by atoms with E-state index in [4.69, 9.17) is 0 Å². The molecule has 0 bridgehead atoms. The standard InChI is InChI=1S/C28H22F14/c1-21(2,3)19-15(11-13-23(29,30)25(33,34)27(37,38)39)7-10-18-17(19)9-8-16(20(18)22(4,5)6)12-14-24(31,32)26(35,36)28(40,41)42/h7-10H,1-6H3. The van der Waals surface area contributed by atoms with Crippen molar-refractivity contribution in [1.82, 2.24) is 0 Å². The number of hydrogen-bond acceptors (Lipinski definition) is 0. The van der Waals surface area contributed by atoms with Gasteiger partial charge in [0, 0.05) is 11.1 Å². The molecule has 2 rings (SSSR count). The topological polar surface area (TPSA) is 0 Å². The van der Waals surface area contributed by atoms with Crippen LogP contribution in [0.4, 0.5) is 61.5 Å². The number of hydrogen-bond donors (Lipinski definition) is 0. The van der Waals surface area contributed by atoms with Crippen molar-refractivity contribution in [3.63, 3.8) is 0 Å². The lowest BCUT2D eigenvalue weighted by Crippen LogP contribution is -2.51. The third-order valence-corrected chi connectivity index (χ3v) is 5.91. The minimum absolute atomic E-state index is 0.0533. The molecule has 0 aromatic heterocycles. The van der Waals surface area contributed by atoms with Gasteiger partial charge in [0.05, 0.1) is 0 Å². The summed E-state index contributed by atoms with van der Waals surface area (Å²) in [7, 11) is 0. The Morgan fingerprint density at radius 1 is 0.429 bits per heavy atom. The highest BCUT2D eigenvalue weighted by atomic mass is 19.4. The summed E-state index contributed by atoms with van der Waals surface area (Å²) in [6, 6.07) is 4.28. The third-order valence-electron chi connectivity index (χ3n) is 5.91. The molecule has 0 nitrogen and oxygen atoms in total. The zero-order chi connectivity index (χ0) is 33.1. The molecule has 2 aromatic carbocycles. The third kappa shape index (κ3) is 6.28. The average molecular weight is 624 g/mol. The van der Waals surface area contributed by atoms with E-state index in [-0.39, 0.29) is 33.0 Å². The van der Waals surface area contributed by atoms with Gasteiger partial charge >= 0.3 is 36.0 Å². The fourth-order valence-corrected chi connectivity index (χ4v) is 4.03. The first-order chi connectivity index (χ1) is 18.4. The monoisotopic (exact) mass is 624 g/mol. The molecule has 2 aromatic rings. The summed E-state index contributed by atoms with van der Waals surface area (Å²) in [4.78, 5) is 0. The van der Waals surface area contributed by atoms with Crippen LogP contribution in [-0.2, 0) is 10.8 Å². The van der Waals surface area contributed by atoms with Crippen LogP contribution < -0.4 is 0 Å². The van der Waals surface area contributed by atoms with Crippen LogP contribution >= 0.6 is 0 Å². The van der Waals surface area contributed by atoms with Crippen molar-refractivity contribution < 1.29 is 61.5 Å². The van der Waals surface area contributed by atoms with E-state index in [1.54, 1.807) is 11.8 Å². The van der Waals surface area contributed by atoms with E-state index in [0.717, 1.165) is 24.3 Å². The maximum absolute atomic E-state index is 13.9. The van der Waals surface area contributed by atoms with Gasteiger partial charge in [-0.05, 0) is 56.7 Å². The van der Waals surface area contributed by atoms with Crippen molar-refractivity contribution in [2.75, 3.05) is 0 Å². The van der Waals surface area contributed by atoms with Gasteiger partial charge < -0.3 is 0 Å². The zero-order valence-corrected chi connectivity index (χ0v) is 22.6. The largest absolute Gasteiger partial charge is 0.461 e. The second kappa shape index (κ2) is 10.2. The van der Waals surface area contributed by atoms with Gasteiger partial charge in [-0.15, -0.1) is 0 Å². The molecule has 0 aliphatic heterocycles. The van der Waals surface area contributed by atoms with E-state index >= 15 is 0 Å². The van der Waals surface area contributed by atoms with Gasteiger partial charge in [-0.25, -0.2) is 0 Å². The molecule has 0 fully saturated rings. The van der Waals surface area contributed by atoms with Gasteiger partial charge in [-0.1, -0.05) is 65.5 Å². The molecular weight excluding hydrogens is 602 g/mol. The van der Waals surface area contributed by atoms with Crippen molar-refractivity contribution in [3.05, 3.63) is 46.5 Å². The van der Waals surface area contributed by atoms with Crippen LogP contribution in [0.1, 0.15) is 63.8 Å². The summed E-state index contributed by atoms with van der Waals surface area (Å²) in [5.74, 6) is -19.9. The molecule has 0 radical (unpaired) electrons. The summed E-state index contributed by atoms with van der Waals surface area (Å²) in [6.45, 7) is 9.08. The number of fused-ring (bicyclic) bond motifs is 1. The Labute approximate surface area is 231 Å². The van der Waals surface area contributed by atoms with Crippen LogP contribution in [0.2, 0.25) is 0 Å². The van der Waals surface area contributed by atoms with Gasteiger partial charge in [0.2, 0.25) is 0 Å². The number of halogens is 14. The van der Waals surface area contributed by atoms with E-state index < -0.39 is 46.9 Å². The molecule has 0 aliphatic rings. The highest BCUT2D eigenvalue weighted by Gasteiger charge is 2.73. The predicted octanol–water partition coefficient (Wildman–Crippen LogP) is 9.80. The Bertz CT molecular complexity index is 1360. The molecule has 42 heavy (non-hydrogen) atoms. The first kappa shape index (κ1) is 35.0. The second-order valence-corrected chi connectivity index (χ2v) is 11.4. The molecule has 0 heterocycles. The van der Waals surface area contributed by atoms with Crippen molar-refractivity contribution >= 4 is 10.8 Å². The molecule has 0 spiro atoms. The fraction of sp³-hybridized carbons (Fsp3) is 0.500. The summed E-state index contributed by atoms with van der Waals surface area (Å²) >= 11 is 0. The highest BCUT2D eigenvalue weighted by molar-refractivity contribution is 5.93. The molecule has 0 amide bonds. The molecule has 0 aliphatic carbocycles. The van der Waals surface area contributed by atoms with E-state index in [1.165, 1.54) is 41.5 Å². The minimum Gasteiger partial charge on any atom is -0.188 e. The Hall–Kier alpha value is -3.16. The highest BCUT2D eigenvalue weighted by Crippen LogP contribution is 2.48. The summed E-state index contributed by atoms with van der Waals surface area (Å²) in [5, 5.41) is 0.256. The van der Waals surface area contributed by atoms with E-state index in [2.05, 4.69) is 0 Å². The average Bonchev–Trinajstić information content (AvgIpc) is 2.77. The molecule has 232 valence electrons. The van der Waals surface area contributed by atoms with Crippen molar-refractivity contribution in [1.29, 1.82) is 0 Å². The van der Waals surface area contributed by atoms with Crippen LogP contribution in [0.25, 0.3) is 10.8 Å². The van der Waals surface area contributed by atoms with E-state index in [1.807, 2.05) is 0 Å². The Balaban J connectivity index is 2.93. The number of benzene rings is 2. The maximum Gasteiger partial charge on any atom is 0.461 e. The van der Waals surface area contributed by atoms with Crippen LogP contribution in [0.5, 0.6) is 0 Å². The number of rotatable bonds is 2. The van der Waals surface area contributed by atoms with Gasteiger partial charge in [0.15, 0.2) is 0 Å². The van der Waals surface area contributed by atoms with E-state index in [0.29, 0.717) is 11.8 Å². The summed E-state index contributed by atoms with van der Waals surface area (Å²) in [6.07, 6.45) is -13.2. The lowest BCUT2D eigenvalue weighted by Gasteiger charge is -2.28. The normalized spacial score (nSPS) is 14.3. The van der Waals surface area contributed by atoms with Crippen LogP contribution in [0.3, 0.4) is 0 Å². The zero-order valence-electron chi connectivity index (χ0n) is 22.6. The predicted molar refractivity (Wildman–Crippen MR) is 127 cm³/mol. The quantitative estimate of drug-likeness (QED) is 0.231. The lowest BCUT2D eigenvalue weighted by atomic mass is 9.75. The lowest BCUT2D eigenvalue weighted by molar-refractivity contribution is -0.339. The van der Waals surface area contributed by atoms with Crippen LogP contribution in [-0.4, -0.2) is 36.0 Å². The maximum atomic E-state index is 13.9. The van der Waals surface area contributed by atoms with Crippen LogP contribution in [0, 0.1) is 23.7 Å². The number of alkyl halides is 14. The van der Waals surface area contributed by atoms with Gasteiger partial charge in [-0.2, -0.15) is 61.5 Å². The minimum atomic E-state index is -6.61. The fourth-order valence-electron chi connectivity index (χ4n) is 4.03. The second-order valence-electron chi connectivity index (χ2n) is 11.4. The van der Waals surface area contributed by atoms with Gasteiger partial charge in [-0.3, -0.25) is 0 Å². The first-order valence-electron chi connectivity index (χ1n) is 11.7. The SMILES string of the molecule is CC(C)(C)c1c(C#CC(F)(F)C(F)(F)C(F)(F)F)ccc2c(C(C)(C)C)c(C#CC(F)(F)C(F)(F)C(F)(F)F)ccc12. The molecule has 0 saturated heterocycles. The van der Waals surface area contributed by atoms with Gasteiger partial charge in [0.25, 0.3) is 0 Å². The Kier molecular flexibility index (Phi) is 8.54. The van der Waals surface area contributed by atoms with Crippen molar-refractivity contribution in [3.8, 4) is 23.7 Å². The summed E-state index contributed by atoms with van der Waals surface area (Å²) in [5.41, 5.74) is -2.79. The smallest absolute Gasteiger partial charge is 0.188 e. The first-order valence-corrected chi connectivity index (χ1v) is 11.7. The Morgan fingerprint density at radius 3 is 0.905 bits per heavy atom. The molecule has 0 unspecified atom stereocenters. The molecular formula is C28H22F14. The molecule has 0 atom stereocenters.